The van der Waals surface area contributed by atoms with Crippen molar-refractivity contribution in [1.29, 1.82) is 0 Å². The average Bonchev–Trinajstić information content (AvgIpc) is 3.04. The molecule has 1 aromatic heterocycles. The largest absolute Gasteiger partial charge is 0.493 e. The summed E-state index contributed by atoms with van der Waals surface area (Å²) in [5, 5.41) is 3.09. The van der Waals surface area contributed by atoms with Crippen LogP contribution in [0.5, 0.6) is 11.5 Å². The number of amides is 1. The van der Waals surface area contributed by atoms with Gasteiger partial charge < -0.3 is 9.47 Å². The number of benzene rings is 1. The Balaban J connectivity index is 1.99. The molecule has 0 fully saturated rings. The van der Waals surface area contributed by atoms with E-state index in [0.717, 1.165) is 24.8 Å². The summed E-state index contributed by atoms with van der Waals surface area (Å²) in [6, 6.07) is 5.52. The van der Waals surface area contributed by atoms with Crippen LogP contribution in [-0.4, -0.2) is 30.4 Å². The molecule has 0 saturated heterocycles. The quantitative estimate of drug-likeness (QED) is 0.348. The van der Waals surface area contributed by atoms with Gasteiger partial charge in [-0.2, -0.15) is 0 Å². The molecule has 1 amide bonds. The molecule has 0 spiro atoms. The normalized spacial score (nSPS) is 10.9. The summed E-state index contributed by atoms with van der Waals surface area (Å²) >= 11 is 1.17. The van der Waals surface area contributed by atoms with Gasteiger partial charge in [-0.25, -0.2) is 4.98 Å². The van der Waals surface area contributed by atoms with Gasteiger partial charge in [0.15, 0.2) is 22.4 Å². The Morgan fingerprint density at radius 2 is 2.04 bits per heavy atom. The second-order valence-corrected chi connectivity index (χ2v) is 7.28. The van der Waals surface area contributed by atoms with Gasteiger partial charge in [0.05, 0.1) is 24.3 Å². The Kier molecular flexibility index (Phi) is 8.19. The predicted octanol–water partition coefficient (Wildman–Crippen LogP) is 4.88. The van der Waals surface area contributed by atoms with Gasteiger partial charge in [-0.3, -0.25) is 14.9 Å². The summed E-state index contributed by atoms with van der Waals surface area (Å²) in [6.07, 6.45) is 6.38. The summed E-state index contributed by atoms with van der Waals surface area (Å²) < 4.78 is 11.1. The smallest absolute Gasteiger partial charge is 0.250 e. The van der Waals surface area contributed by atoms with Gasteiger partial charge in [0.1, 0.15) is 0 Å². The van der Waals surface area contributed by atoms with Crippen LogP contribution >= 0.6 is 11.3 Å². The van der Waals surface area contributed by atoms with Gasteiger partial charge in [0.2, 0.25) is 5.91 Å². The van der Waals surface area contributed by atoms with Crippen molar-refractivity contribution < 1.29 is 19.1 Å². The minimum Gasteiger partial charge on any atom is -0.493 e. The van der Waals surface area contributed by atoms with Crippen LogP contribution in [0.1, 0.15) is 54.0 Å². The number of rotatable bonds is 10. The Labute approximate surface area is 169 Å². The summed E-state index contributed by atoms with van der Waals surface area (Å²) in [7, 11) is 1.59. The molecule has 0 aliphatic carbocycles. The number of Topliss-reactive ketones (excluding diaryl/α,β-unsaturated/α-hetero) is 1. The Bertz CT molecular complexity index is 858. The van der Waals surface area contributed by atoms with Crippen molar-refractivity contribution in [2.75, 3.05) is 19.0 Å². The topological polar surface area (TPSA) is 77.5 Å². The lowest BCUT2D eigenvalue weighted by atomic mass is 10.2. The van der Waals surface area contributed by atoms with Gasteiger partial charge >= 0.3 is 0 Å². The van der Waals surface area contributed by atoms with Gasteiger partial charge in [-0.1, -0.05) is 37.2 Å². The number of thiazole rings is 1. The summed E-state index contributed by atoms with van der Waals surface area (Å²) in [5.41, 5.74) is 1.43. The first kappa shape index (κ1) is 21.6. The summed E-state index contributed by atoms with van der Waals surface area (Å²) in [5.74, 6) is 0.939. The minimum absolute atomic E-state index is 0.0601. The van der Waals surface area contributed by atoms with E-state index < -0.39 is 0 Å². The zero-order valence-corrected chi connectivity index (χ0v) is 17.5. The van der Waals surface area contributed by atoms with Crippen molar-refractivity contribution in [2.24, 2.45) is 0 Å². The molecule has 0 atom stereocenters. The van der Waals surface area contributed by atoms with E-state index in [1.54, 1.807) is 20.1 Å². The van der Waals surface area contributed by atoms with Gasteiger partial charge in [-0.15, -0.1) is 0 Å². The van der Waals surface area contributed by atoms with E-state index in [-0.39, 0.29) is 11.7 Å². The molecule has 7 heteroatoms. The number of methoxy groups -OCH3 is 1. The number of anilines is 1. The third-order valence-electron chi connectivity index (χ3n) is 3.97. The second kappa shape index (κ2) is 10.6. The number of hydrogen-bond acceptors (Lipinski definition) is 6. The molecule has 1 heterocycles. The molecule has 2 aromatic rings. The zero-order chi connectivity index (χ0) is 20.5. The molecule has 28 heavy (non-hydrogen) atoms. The highest BCUT2D eigenvalue weighted by molar-refractivity contribution is 7.17. The maximum Gasteiger partial charge on any atom is 0.250 e. The number of carbonyl (C=O) groups is 2. The summed E-state index contributed by atoms with van der Waals surface area (Å²) in [4.78, 5) is 28.4. The minimum atomic E-state index is -0.317. The molecular formula is C21H26N2O4S. The Hall–Kier alpha value is -2.67. The van der Waals surface area contributed by atoms with E-state index in [1.807, 2.05) is 18.2 Å². The highest BCUT2D eigenvalue weighted by Gasteiger charge is 2.12. The van der Waals surface area contributed by atoms with Crippen LogP contribution in [0.4, 0.5) is 5.13 Å². The first-order chi connectivity index (χ1) is 13.4. The third kappa shape index (κ3) is 6.20. The number of aromatic nitrogens is 1. The summed E-state index contributed by atoms with van der Waals surface area (Å²) in [6.45, 7) is 6.03. The van der Waals surface area contributed by atoms with Gasteiger partial charge in [-0.05, 0) is 37.1 Å². The third-order valence-corrected chi connectivity index (χ3v) is 5.14. The van der Waals surface area contributed by atoms with E-state index in [9.17, 15) is 9.59 Å². The van der Waals surface area contributed by atoms with Crippen LogP contribution in [-0.2, 0) is 4.79 Å². The average molecular weight is 403 g/mol. The second-order valence-electron chi connectivity index (χ2n) is 6.28. The number of hydrogen-bond donors (Lipinski definition) is 1. The van der Waals surface area contributed by atoms with Crippen molar-refractivity contribution in [3.63, 3.8) is 0 Å². The SMILES string of the molecule is CCCCCOc1ccc(C=CC(=O)Nc2nc(C)c(C(C)=O)s2)cc1OC. The molecule has 0 aliphatic heterocycles. The first-order valence-electron chi connectivity index (χ1n) is 9.22. The number of ether oxygens (including phenoxy) is 2. The zero-order valence-electron chi connectivity index (χ0n) is 16.7. The van der Waals surface area contributed by atoms with Gasteiger partial charge in [0, 0.05) is 13.0 Å². The molecule has 0 aliphatic rings. The number of nitrogens with one attached hydrogen (secondary N) is 1. The van der Waals surface area contributed by atoms with Crippen molar-refractivity contribution in [2.45, 2.75) is 40.0 Å². The van der Waals surface area contributed by atoms with Crippen LogP contribution in [0.25, 0.3) is 6.08 Å². The lowest BCUT2D eigenvalue weighted by Crippen LogP contribution is -2.07. The lowest BCUT2D eigenvalue weighted by molar-refractivity contribution is -0.111. The van der Waals surface area contributed by atoms with Crippen molar-refractivity contribution >= 4 is 34.2 Å². The number of ketones is 1. The van der Waals surface area contributed by atoms with Crippen molar-refractivity contribution in [1.82, 2.24) is 4.98 Å². The maximum absolute atomic E-state index is 12.1. The monoisotopic (exact) mass is 402 g/mol. The highest BCUT2D eigenvalue weighted by Crippen LogP contribution is 2.29. The van der Waals surface area contributed by atoms with E-state index in [2.05, 4.69) is 17.2 Å². The fraction of sp³-hybridized carbons (Fsp3) is 0.381. The molecule has 1 aromatic carbocycles. The van der Waals surface area contributed by atoms with E-state index in [0.29, 0.717) is 33.8 Å². The predicted molar refractivity (Wildman–Crippen MR) is 113 cm³/mol. The molecule has 0 unspecified atom stereocenters. The number of unbranched alkanes of at least 4 members (excludes halogenated alkanes) is 2. The standard InChI is InChI=1S/C21H26N2O4S/c1-5-6-7-12-27-17-10-8-16(13-18(17)26-4)9-11-19(25)23-21-22-14(2)20(28-21)15(3)24/h8-11,13H,5-7,12H2,1-4H3,(H,22,23,25). The van der Waals surface area contributed by atoms with Crippen LogP contribution in [0.3, 0.4) is 0 Å². The van der Waals surface area contributed by atoms with Crippen LogP contribution in [0, 0.1) is 6.92 Å². The first-order valence-corrected chi connectivity index (χ1v) is 10.0. The molecular weight excluding hydrogens is 376 g/mol. The fourth-order valence-corrected chi connectivity index (χ4v) is 3.40. The van der Waals surface area contributed by atoms with Gasteiger partial charge in [0.25, 0.3) is 0 Å². The van der Waals surface area contributed by atoms with Crippen LogP contribution < -0.4 is 14.8 Å². The number of nitrogens with zero attached hydrogens (tertiary/aromatic N) is 1. The Morgan fingerprint density at radius 1 is 1.25 bits per heavy atom. The molecule has 0 saturated carbocycles. The maximum atomic E-state index is 12.1. The van der Waals surface area contributed by atoms with E-state index in [4.69, 9.17) is 9.47 Å². The van der Waals surface area contributed by atoms with Crippen LogP contribution in [0.15, 0.2) is 24.3 Å². The van der Waals surface area contributed by atoms with E-state index in [1.165, 1.54) is 24.3 Å². The van der Waals surface area contributed by atoms with Crippen molar-refractivity contribution in [3.8, 4) is 11.5 Å². The fourth-order valence-electron chi connectivity index (χ4n) is 2.54. The molecule has 6 nitrogen and oxygen atoms in total. The number of aryl methyl sites for hydroxylation is 1. The molecule has 0 bridgehead atoms. The molecule has 150 valence electrons. The molecule has 2 rings (SSSR count). The molecule has 0 radical (unpaired) electrons. The lowest BCUT2D eigenvalue weighted by Gasteiger charge is -2.11. The molecule has 1 N–H and O–H groups in total. The number of carbonyl (C=O) groups excluding carboxylic acids is 2. The van der Waals surface area contributed by atoms with E-state index >= 15 is 0 Å². The highest BCUT2D eigenvalue weighted by atomic mass is 32.1. The van der Waals surface area contributed by atoms with Crippen LogP contribution in [0.2, 0.25) is 0 Å². The van der Waals surface area contributed by atoms with Crippen molar-refractivity contribution in [3.05, 3.63) is 40.4 Å². The Morgan fingerprint density at radius 3 is 2.68 bits per heavy atom.